The lowest BCUT2D eigenvalue weighted by Crippen LogP contribution is -2.02. The van der Waals surface area contributed by atoms with Crippen molar-refractivity contribution in [3.8, 4) is 17.2 Å². The number of carboxylic acid groups (broad SMARTS) is 1. The molecular weight excluding hydrogens is 341 g/mol. The number of rotatable bonds is 2. The Bertz CT molecular complexity index is 596. The average molecular weight is 347 g/mol. The molecule has 1 aromatic heterocycles. The van der Waals surface area contributed by atoms with Gasteiger partial charge in [0.2, 0.25) is 5.69 Å². The number of aromatic carboxylic acids is 1. The second kappa shape index (κ2) is 4.20. The number of carbonyl (C=O) groups is 1. The molecule has 0 saturated heterocycles. The van der Waals surface area contributed by atoms with E-state index in [1.165, 1.54) is 22.9 Å². The van der Waals surface area contributed by atoms with Crippen molar-refractivity contribution in [2.45, 2.75) is 0 Å². The van der Waals surface area contributed by atoms with Crippen LogP contribution in [0.15, 0.2) is 18.2 Å². The number of carboxylic acids is 1. The summed E-state index contributed by atoms with van der Waals surface area (Å²) in [7, 11) is 0. The minimum Gasteiger partial charge on any atom is -0.504 e. The molecule has 7 nitrogen and oxygen atoms in total. The van der Waals surface area contributed by atoms with E-state index in [4.69, 9.17) is 10.2 Å². The topological polar surface area (TPSA) is 108 Å². The Kier molecular flexibility index (Phi) is 2.88. The van der Waals surface area contributed by atoms with Gasteiger partial charge < -0.3 is 15.3 Å². The molecule has 8 heteroatoms. The molecular formula is C9H6IN3O4. The SMILES string of the molecule is O=C(O)c1nnn(-c2ccc(O)c(O)c2)c1I. The van der Waals surface area contributed by atoms with Crippen molar-refractivity contribution in [3.63, 3.8) is 0 Å². The zero-order chi connectivity index (χ0) is 12.6. The smallest absolute Gasteiger partial charge is 0.359 e. The quantitative estimate of drug-likeness (QED) is 0.552. The lowest BCUT2D eigenvalue weighted by atomic mass is 10.3. The number of halogens is 1. The summed E-state index contributed by atoms with van der Waals surface area (Å²) < 4.78 is 1.56. The van der Waals surface area contributed by atoms with Crippen molar-refractivity contribution in [1.82, 2.24) is 15.0 Å². The van der Waals surface area contributed by atoms with E-state index in [1.54, 1.807) is 22.6 Å². The van der Waals surface area contributed by atoms with Gasteiger partial charge in [-0.2, -0.15) is 0 Å². The highest BCUT2D eigenvalue weighted by Crippen LogP contribution is 2.27. The maximum Gasteiger partial charge on any atom is 0.359 e. The molecule has 17 heavy (non-hydrogen) atoms. The molecule has 0 amide bonds. The van der Waals surface area contributed by atoms with E-state index in [1.807, 2.05) is 0 Å². The first-order chi connectivity index (χ1) is 8.00. The Morgan fingerprint density at radius 1 is 1.29 bits per heavy atom. The fourth-order valence-electron chi connectivity index (χ4n) is 1.21. The predicted molar refractivity (Wildman–Crippen MR) is 64.4 cm³/mol. The minimum absolute atomic E-state index is 0.168. The molecule has 0 saturated carbocycles. The van der Waals surface area contributed by atoms with Gasteiger partial charge in [-0.15, -0.1) is 5.10 Å². The summed E-state index contributed by atoms with van der Waals surface area (Å²) in [4.78, 5) is 10.8. The highest BCUT2D eigenvalue weighted by atomic mass is 127. The summed E-state index contributed by atoms with van der Waals surface area (Å²) in [5.41, 5.74) is 0.239. The highest BCUT2D eigenvalue weighted by Gasteiger charge is 2.17. The Morgan fingerprint density at radius 3 is 2.53 bits per heavy atom. The van der Waals surface area contributed by atoms with Crippen LogP contribution < -0.4 is 0 Å². The van der Waals surface area contributed by atoms with E-state index in [-0.39, 0.29) is 17.2 Å². The summed E-state index contributed by atoms with van der Waals surface area (Å²) >= 11 is 1.79. The van der Waals surface area contributed by atoms with Crippen molar-refractivity contribution in [2.24, 2.45) is 0 Å². The molecule has 1 aromatic carbocycles. The Balaban J connectivity index is 2.53. The van der Waals surface area contributed by atoms with Gasteiger partial charge >= 0.3 is 5.97 Å². The zero-order valence-electron chi connectivity index (χ0n) is 8.20. The monoisotopic (exact) mass is 347 g/mol. The third-order valence-electron chi connectivity index (χ3n) is 2.02. The molecule has 0 unspecified atom stereocenters. The minimum atomic E-state index is -1.18. The van der Waals surface area contributed by atoms with Gasteiger partial charge in [0, 0.05) is 6.07 Å². The lowest BCUT2D eigenvalue weighted by molar-refractivity contribution is 0.0689. The normalized spacial score (nSPS) is 10.4. The average Bonchev–Trinajstić information content (AvgIpc) is 2.64. The van der Waals surface area contributed by atoms with Crippen molar-refractivity contribution in [1.29, 1.82) is 0 Å². The van der Waals surface area contributed by atoms with E-state index in [0.717, 1.165) is 0 Å². The second-order valence-corrected chi connectivity index (χ2v) is 4.14. The molecule has 0 radical (unpaired) electrons. The summed E-state index contributed by atoms with van der Waals surface area (Å²) in [5, 5.41) is 34.5. The number of nitrogens with zero attached hydrogens (tertiary/aromatic N) is 3. The van der Waals surface area contributed by atoms with E-state index < -0.39 is 5.97 Å². The third-order valence-corrected chi connectivity index (χ3v) is 2.99. The van der Waals surface area contributed by atoms with Crippen LogP contribution in [-0.4, -0.2) is 36.3 Å². The van der Waals surface area contributed by atoms with Crippen LogP contribution in [0.2, 0.25) is 0 Å². The van der Waals surface area contributed by atoms with Crippen LogP contribution in [0.25, 0.3) is 5.69 Å². The maximum atomic E-state index is 10.8. The molecule has 2 aromatic rings. The van der Waals surface area contributed by atoms with Crippen molar-refractivity contribution < 1.29 is 20.1 Å². The van der Waals surface area contributed by atoms with Gasteiger partial charge in [-0.05, 0) is 34.7 Å². The largest absolute Gasteiger partial charge is 0.504 e. The van der Waals surface area contributed by atoms with Gasteiger partial charge in [0.15, 0.2) is 11.5 Å². The van der Waals surface area contributed by atoms with Crippen LogP contribution >= 0.6 is 22.6 Å². The Hall–Kier alpha value is -1.84. The van der Waals surface area contributed by atoms with Crippen LogP contribution in [0.4, 0.5) is 0 Å². The van der Waals surface area contributed by atoms with Crippen LogP contribution in [0, 0.1) is 3.70 Å². The first kappa shape index (κ1) is 11.6. The summed E-state index contributed by atoms with van der Waals surface area (Å²) in [5.74, 6) is -1.75. The van der Waals surface area contributed by atoms with Gasteiger partial charge in [-0.1, -0.05) is 5.21 Å². The van der Waals surface area contributed by atoms with Crippen LogP contribution in [0.1, 0.15) is 10.5 Å². The first-order valence-electron chi connectivity index (χ1n) is 4.37. The molecule has 0 spiro atoms. The van der Waals surface area contributed by atoms with Gasteiger partial charge in [0.1, 0.15) is 3.70 Å². The van der Waals surface area contributed by atoms with Crippen LogP contribution in [0.5, 0.6) is 11.5 Å². The second-order valence-electron chi connectivity index (χ2n) is 3.12. The van der Waals surface area contributed by atoms with Crippen LogP contribution in [0.3, 0.4) is 0 Å². The maximum absolute atomic E-state index is 10.8. The predicted octanol–water partition coefficient (Wildman–Crippen LogP) is 0.981. The Morgan fingerprint density at radius 2 is 2.00 bits per heavy atom. The molecule has 3 N–H and O–H groups in total. The van der Waals surface area contributed by atoms with Gasteiger partial charge in [0.05, 0.1) is 5.69 Å². The molecule has 0 atom stereocenters. The Labute approximate surface area is 108 Å². The number of benzene rings is 1. The zero-order valence-corrected chi connectivity index (χ0v) is 10.4. The van der Waals surface area contributed by atoms with Crippen molar-refractivity contribution in [2.75, 3.05) is 0 Å². The number of aromatic hydroxyl groups is 2. The van der Waals surface area contributed by atoms with E-state index >= 15 is 0 Å². The number of hydrogen-bond acceptors (Lipinski definition) is 5. The number of hydrogen-bond donors (Lipinski definition) is 3. The fraction of sp³-hybridized carbons (Fsp3) is 0. The molecule has 0 bridgehead atoms. The summed E-state index contributed by atoms with van der Waals surface area (Å²) in [6.45, 7) is 0. The standard InChI is InChI=1S/C9H6IN3O4/c10-8-7(9(16)17)11-12-13(8)4-1-2-5(14)6(15)3-4/h1-3,14-15H,(H,16,17). The number of phenols is 2. The highest BCUT2D eigenvalue weighted by molar-refractivity contribution is 14.1. The molecule has 0 aliphatic carbocycles. The van der Waals surface area contributed by atoms with E-state index in [9.17, 15) is 9.90 Å². The molecule has 0 fully saturated rings. The van der Waals surface area contributed by atoms with Crippen LogP contribution in [-0.2, 0) is 0 Å². The number of aromatic nitrogens is 3. The van der Waals surface area contributed by atoms with E-state index in [2.05, 4.69) is 10.3 Å². The molecule has 88 valence electrons. The molecule has 0 aliphatic rings. The van der Waals surface area contributed by atoms with E-state index in [0.29, 0.717) is 9.39 Å². The molecule has 1 heterocycles. The molecule has 2 rings (SSSR count). The molecule has 0 aliphatic heterocycles. The number of phenolic OH excluding ortho intramolecular Hbond substituents is 2. The lowest BCUT2D eigenvalue weighted by Gasteiger charge is -2.03. The summed E-state index contributed by atoms with van der Waals surface area (Å²) in [6.07, 6.45) is 0. The van der Waals surface area contributed by atoms with Gasteiger partial charge in [-0.25, -0.2) is 9.48 Å². The fourth-order valence-corrected chi connectivity index (χ4v) is 1.92. The third kappa shape index (κ3) is 2.02. The summed E-state index contributed by atoms with van der Waals surface area (Å²) in [6, 6.07) is 4.03. The first-order valence-corrected chi connectivity index (χ1v) is 5.45. The van der Waals surface area contributed by atoms with Gasteiger partial charge in [0.25, 0.3) is 0 Å². The van der Waals surface area contributed by atoms with Gasteiger partial charge in [-0.3, -0.25) is 0 Å². The van der Waals surface area contributed by atoms with Crippen molar-refractivity contribution in [3.05, 3.63) is 27.6 Å². The van der Waals surface area contributed by atoms with Crippen molar-refractivity contribution >= 4 is 28.6 Å².